The number of hydrogen-bond acceptors (Lipinski definition) is 2. The molecule has 1 saturated carbocycles. The fourth-order valence-corrected chi connectivity index (χ4v) is 2.93. The van der Waals surface area contributed by atoms with Crippen LogP contribution in [-0.4, -0.2) is 23.9 Å². The third-order valence-corrected chi connectivity index (χ3v) is 4.39. The third kappa shape index (κ3) is 2.54. The fraction of sp³-hybridized carbons (Fsp3) is 1.00. The van der Waals surface area contributed by atoms with E-state index in [0.717, 1.165) is 51.7 Å². The van der Waals surface area contributed by atoms with Gasteiger partial charge >= 0.3 is 0 Å². The summed E-state index contributed by atoms with van der Waals surface area (Å²) in [6.07, 6.45) is 6.51. The van der Waals surface area contributed by atoms with Crippen LogP contribution in [0.2, 0.25) is 0 Å². The van der Waals surface area contributed by atoms with Gasteiger partial charge in [-0.1, -0.05) is 13.8 Å². The molecule has 2 rings (SSSR count). The van der Waals surface area contributed by atoms with Gasteiger partial charge in [0.15, 0.2) is 0 Å². The molecule has 0 radical (unpaired) electrons. The van der Waals surface area contributed by atoms with Gasteiger partial charge in [-0.15, -0.1) is 0 Å². The van der Waals surface area contributed by atoms with Crippen molar-refractivity contribution in [1.82, 2.24) is 0 Å². The Labute approximate surface area is 93.0 Å². The maximum atomic E-state index is 10.6. The van der Waals surface area contributed by atoms with Crippen molar-refractivity contribution in [2.24, 2.45) is 11.3 Å². The Morgan fingerprint density at radius 3 is 2.33 bits per heavy atom. The third-order valence-electron chi connectivity index (χ3n) is 4.39. The highest BCUT2D eigenvalue weighted by atomic mass is 16.5. The summed E-state index contributed by atoms with van der Waals surface area (Å²) < 4.78 is 5.49. The average Bonchev–Trinajstić information content (AvgIpc) is 2.24. The zero-order valence-corrected chi connectivity index (χ0v) is 10.1. The summed E-state index contributed by atoms with van der Waals surface area (Å²) in [5.74, 6) is 0.391. The van der Waals surface area contributed by atoms with E-state index in [1.807, 2.05) is 0 Å². The summed E-state index contributed by atoms with van der Waals surface area (Å²) in [5.41, 5.74) is 0.0116. The summed E-state index contributed by atoms with van der Waals surface area (Å²) in [6.45, 7) is 6.28. The first-order valence-corrected chi connectivity index (χ1v) is 6.32. The smallest absolute Gasteiger partial charge is 0.0698 e. The fourth-order valence-electron chi connectivity index (χ4n) is 2.93. The van der Waals surface area contributed by atoms with Crippen LogP contribution in [0.3, 0.4) is 0 Å². The molecule has 1 aliphatic heterocycles. The Bertz CT molecular complexity index is 207. The quantitative estimate of drug-likeness (QED) is 0.724. The van der Waals surface area contributed by atoms with Crippen LogP contribution in [0.1, 0.15) is 52.4 Å². The minimum Gasteiger partial charge on any atom is -0.390 e. The van der Waals surface area contributed by atoms with E-state index in [9.17, 15) is 5.11 Å². The van der Waals surface area contributed by atoms with Gasteiger partial charge in [0.1, 0.15) is 0 Å². The average molecular weight is 212 g/mol. The van der Waals surface area contributed by atoms with Crippen molar-refractivity contribution in [3.05, 3.63) is 0 Å². The second-order valence-corrected chi connectivity index (χ2v) is 6.18. The Kier molecular flexibility index (Phi) is 3.09. The van der Waals surface area contributed by atoms with Crippen molar-refractivity contribution in [2.75, 3.05) is 13.2 Å². The molecule has 0 aromatic rings. The molecule has 0 amide bonds. The topological polar surface area (TPSA) is 29.5 Å². The SMILES string of the molecule is CC1(C)CCC(O)(C2CCCOC2)CC1. The van der Waals surface area contributed by atoms with Gasteiger partial charge in [-0.3, -0.25) is 0 Å². The van der Waals surface area contributed by atoms with Crippen LogP contribution in [0.5, 0.6) is 0 Å². The molecule has 1 atom stereocenters. The van der Waals surface area contributed by atoms with Crippen LogP contribution in [-0.2, 0) is 4.74 Å². The summed E-state index contributed by atoms with van der Waals surface area (Å²) >= 11 is 0. The molecule has 0 aromatic carbocycles. The summed E-state index contributed by atoms with van der Waals surface area (Å²) in [5, 5.41) is 10.6. The molecule has 2 heteroatoms. The first-order chi connectivity index (χ1) is 7.02. The maximum Gasteiger partial charge on any atom is 0.0698 e. The lowest BCUT2D eigenvalue weighted by Gasteiger charge is -2.45. The largest absolute Gasteiger partial charge is 0.390 e. The zero-order valence-electron chi connectivity index (χ0n) is 10.1. The van der Waals surface area contributed by atoms with Gasteiger partial charge in [0.05, 0.1) is 12.2 Å². The molecule has 2 nitrogen and oxygen atoms in total. The Hall–Kier alpha value is -0.0800. The van der Waals surface area contributed by atoms with Crippen molar-refractivity contribution in [3.8, 4) is 0 Å². The number of rotatable bonds is 1. The predicted molar refractivity (Wildman–Crippen MR) is 60.7 cm³/mol. The van der Waals surface area contributed by atoms with Crippen LogP contribution in [0.4, 0.5) is 0 Å². The molecule has 1 N–H and O–H groups in total. The lowest BCUT2D eigenvalue weighted by atomic mass is 9.66. The van der Waals surface area contributed by atoms with Gasteiger partial charge in [-0.2, -0.15) is 0 Å². The van der Waals surface area contributed by atoms with Gasteiger partial charge in [-0.05, 0) is 43.9 Å². The van der Waals surface area contributed by atoms with Crippen molar-refractivity contribution in [3.63, 3.8) is 0 Å². The van der Waals surface area contributed by atoms with E-state index < -0.39 is 5.60 Å². The Balaban J connectivity index is 1.95. The van der Waals surface area contributed by atoms with Gasteiger partial charge in [0.25, 0.3) is 0 Å². The first kappa shape index (κ1) is 11.4. The van der Waals surface area contributed by atoms with Gasteiger partial charge in [-0.25, -0.2) is 0 Å². The molecule has 2 aliphatic rings. The first-order valence-electron chi connectivity index (χ1n) is 6.32. The van der Waals surface area contributed by atoms with E-state index in [0.29, 0.717) is 11.3 Å². The van der Waals surface area contributed by atoms with Gasteiger partial charge in [0.2, 0.25) is 0 Å². The number of ether oxygens (including phenoxy) is 1. The number of hydrogen-bond donors (Lipinski definition) is 1. The molecule has 88 valence electrons. The van der Waals surface area contributed by atoms with Crippen LogP contribution in [0, 0.1) is 11.3 Å². The number of aliphatic hydroxyl groups is 1. The molecule has 0 aromatic heterocycles. The molecule has 0 bridgehead atoms. The molecule has 1 heterocycles. The summed E-state index contributed by atoms with van der Waals surface area (Å²) in [4.78, 5) is 0. The Morgan fingerprint density at radius 2 is 1.80 bits per heavy atom. The minimum absolute atomic E-state index is 0.391. The van der Waals surface area contributed by atoms with E-state index >= 15 is 0 Å². The van der Waals surface area contributed by atoms with Gasteiger partial charge < -0.3 is 9.84 Å². The van der Waals surface area contributed by atoms with Gasteiger partial charge in [0, 0.05) is 12.5 Å². The lowest BCUT2D eigenvalue weighted by molar-refractivity contribution is -0.112. The lowest BCUT2D eigenvalue weighted by Crippen LogP contribution is -2.46. The van der Waals surface area contributed by atoms with Crippen molar-refractivity contribution in [1.29, 1.82) is 0 Å². The van der Waals surface area contributed by atoms with Crippen molar-refractivity contribution < 1.29 is 9.84 Å². The van der Waals surface area contributed by atoms with E-state index in [4.69, 9.17) is 4.74 Å². The van der Waals surface area contributed by atoms with Crippen molar-refractivity contribution in [2.45, 2.75) is 58.0 Å². The molecule has 2 fully saturated rings. The standard InChI is InChI=1S/C13H24O2/c1-12(2)5-7-13(14,8-6-12)11-4-3-9-15-10-11/h11,14H,3-10H2,1-2H3. The molecular weight excluding hydrogens is 188 g/mol. The molecule has 1 aliphatic carbocycles. The molecule has 1 unspecified atom stereocenters. The van der Waals surface area contributed by atoms with Crippen LogP contribution < -0.4 is 0 Å². The van der Waals surface area contributed by atoms with E-state index in [-0.39, 0.29) is 0 Å². The van der Waals surface area contributed by atoms with Crippen LogP contribution >= 0.6 is 0 Å². The second kappa shape index (κ2) is 4.06. The van der Waals surface area contributed by atoms with E-state index in [2.05, 4.69) is 13.8 Å². The maximum absolute atomic E-state index is 10.6. The summed E-state index contributed by atoms with van der Waals surface area (Å²) in [7, 11) is 0. The summed E-state index contributed by atoms with van der Waals surface area (Å²) in [6, 6.07) is 0. The minimum atomic E-state index is -0.421. The highest BCUT2D eigenvalue weighted by Gasteiger charge is 2.42. The van der Waals surface area contributed by atoms with E-state index in [1.54, 1.807) is 0 Å². The van der Waals surface area contributed by atoms with Crippen molar-refractivity contribution >= 4 is 0 Å². The van der Waals surface area contributed by atoms with Crippen LogP contribution in [0.25, 0.3) is 0 Å². The monoisotopic (exact) mass is 212 g/mol. The molecule has 0 spiro atoms. The normalized spacial score (nSPS) is 35.0. The predicted octanol–water partition coefficient (Wildman–Crippen LogP) is 2.74. The second-order valence-electron chi connectivity index (χ2n) is 6.18. The molecular formula is C13H24O2. The highest BCUT2D eigenvalue weighted by Crippen LogP contribution is 2.45. The zero-order chi connectivity index (χ0) is 10.9. The Morgan fingerprint density at radius 1 is 1.13 bits per heavy atom. The van der Waals surface area contributed by atoms with E-state index in [1.165, 1.54) is 0 Å². The highest BCUT2D eigenvalue weighted by molar-refractivity contribution is 4.94. The molecule has 1 saturated heterocycles. The van der Waals surface area contributed by atoms with Crippen LogP contribution in [0.15, 0.2) is 0 Å². The molecule has 15 heavy (non-hydrogen) atoms.